The Morgan fingerprint density at radius 1 is 0.871 bits per heavy atom. The van der Waals surface area contributed by atoms with Gasteiger partial charge in [-0.15, -0.1) is 0 Å². The van der Waals surface area contributed by atoms with Crippen LogP contribution in [0, 0.1) is 0 Å². The highest BCUT2D eigenvalue weighted by Gasteiger charge is 2.25. The van der Waals surface area contributed by atoms with E-state index in [1.165, 1.54) is 45.6 Å². The lowest BCUT2D eigenvalue weighted by Gasteiger charge is -2.22. The lowest BCUT2D eigenvalue weighted by atomic mass is 10.1. The van der Waals surface area contributed by atoms with Gasteiger partial charge in [-0.1, -0.05) is 12.8 Å². The first kappa shape index (κ1) is 22.7. The van der Waals surface area contributed by atoms with Crippen LogP contribution in [0.2, 0.25) is 0 Å². The van der Waals surface area contributed by atoms with Crippen molar-refractivity contribution in [2.24, 2.45) is 0 Å². The van der Waals surface area contributed by atoms with Gasteiger partial charge in [-0.05, 0) is 43.2 Å². The predicted molar refractivity (Wildman–Crippen MR) is 118 cm³/mol. The number of carbonyl (C=O) groups is 1. The van der Waals surface area contributed by atoms with Crippen molar-refractivity contribution in [3.63, 3.8) is 0 Å². The highest BCUT2D eigenvalue weighted by atomic mass is 32.2. The van der Waals surface area contributed by atoms with Crippen LogP contribution >= 0.6 is 0 Å². The lowest BCUT2D eigenvalue weighted by Crippen LogP contribution is -2.32. The van der Waals surface area contributed by atoms with Crippen molar-refractivity contribution in [2.75, 3.05) is 39.1 Å². The summed E-state index contributed by atoms with van der Waals surface area (Å²) in [5.74, 6) is 0.936. The number of nitrogens with zero attached hydrogens (tertiary/aromatic N) is 1. The fourth-order valence-corrected chi connectivity index (χ4v) is 4.65. The second-order valence-electron chi connectivity index (χ2n) is 7.24. The number of sulfonamides is 1. The van der Waals surface area contributed by atoms with Gasteiger partial charge in [-0.25, -0.2) is 8.42 Å². The molecular formula is C22H28N2O6S. The number of hydrogen-bond acceptors (Lipinski definition) is 6. The molecule has 9 heteroatoms. The largest absolute Gasteiger partial charge is 0.497 e. The van der Waals surface area contributed by atoms with Gasteiger partial charge in [0.1, 0.15) is 17.2 Å². The summed E-state index contributed by atoms with van der Waals surface area (Å²) in [6.07, 6.45) is 4.04. The third kappa shape index (κ3) is 5.22. The van der Waals surface area contributed by atoms with Crippen molar-refractivity contribution in [3.8, 4) is 17.2 Å². The maximum atomic E-state index is 13.1. The van der Waals surface area contributed by atoms with Crippen molar-refractivity contribution in [2.45, 2.75) is 30.6 Å². The molecule has 0 aliphatic carbocycles. The number of amides is 1. The number of benzene rings is 2. The molecule has 3 rings (SSSR count). The molecule has 0 radical (unpaired) electrons. The van der Waals surface area contributed by atoms with Crippen LogP contribution in [0.1, 0.15) is 36.0 Å². The minimum absolute atomic E-state index is 0.0451. The van der Waals surface area contributed by atoms with Gasteiger partial charge in [-0.3, -0.25) is 9.52 Å². The normalized spacial score (nSPS) is 14.5. The maximum Gasteiger partial charge on any atom is 0.262 e. The summed E-state index contributed by atoms with van der Waals surface area (Å²) in [5.41, 5.74) is 0.461. The van der Waals surface area contributed by atoms with Crippen molar-refractivity contribution in [3.05, 3.63) is 42.0 Å². The van der Waals surface area contributed by atoms with Gasteiger partial charge < -0.3 is 19.1 Å². The number of methoxy groups -OCH3 is 3. The van der Waals surface area contributed by atoms with Crippen LogP contribution in [0.3, 0.4) is 0 Å². The zero-order chi connectivity index (χ0) is 22.4. The van der Waals surface area contributed by atoms with Crippen LogP contribution in [0.5, 0.6) is 17.2 Å². The number of carbonyl (C=O) groups excluding carboxylic acids is 1. The molecule has 31 heavy (non-hydrogen) atoms. The molecule has 168 valence electrons. The van der Waals surface area contributed by atoms with E-state index in [9.17, 15) is 13.2 Å². The summed E-state index contributed by atoms with van der Waals surface area (Å²) in [4.78, 5) is 14.9. The first-order valence-corrected chi connectivity index (χ1v) is 11.6. The van der Waals surface area contributed by atoms with E-state index in [1.54, 1.807) is 17.0 Å². The maximum absolute atomic E-state index is 13.1. The van der Waals surface area contributed by atoms with E-state index < -0.39 is 10.0 Å². The van der Waals surface area contributed by atoms with Crippen molar-refractivity contribution >= 4 is 21.6 Å². The molecule has 1 N–H and O–H groups in total. The Morgan fingerprint density at radius 3 is 2.13 bits per heavy atom. The summed E-state index contributed by atoms with van der Waals surface area (Å²) >= 11 is 0. The molecule has 2 aromatic rings. The highest BCUT2D eigenvalue weighted by molar-refractivity contribution is 7.92. The Morgan fingerprint density at radius 2 is 1.52 bits per heavy atom. The predicted octanol–water partition coefficient (Wildman–Crippen LogP) is 3.53. The first-order valence-electron chi connectivity index (χ1n) is 10.1. The summed E-state index contributed by atoms with van der Waals surface area (Å²) < 4.78 is 44.5. The second-order valence-corrected chi connectivity index (χ2v) is 8.92. The minimum Gasteiger partial charge on any atom is -0.497 e. The molecule has 0 saturated carbocycles. The summed E-state index contributed by atoms with van der Waals surface area (Å²) in [7, 11) is 0.398. The van der Waals surface area contributed by atoms with Crippen LogP contribution in [-0.2, 0) is 10.0 Å². The van der Waals surface area contributed by atoms with Crippen molar-refractivity contribution < 1.29 is 27.4 Å². The Balaban J connectivity index is 1.95. The number of ether oxygens (including phenoxy) is 3. The average molecular weight is 449 g/mol. The Kier molecular flexibility index (Phi) is 7.27. The van der Waals surface area contributed by atoms with E-state index in [0.717, 1.165) is 25.7 Å². The topological polar surface area (TPSA) is 94.2 Å². The molecule has 0 unspecified atom stereocenters. The van der Waals surface area contributed by atoms with Gasteiger partial charge in [0.25, 0.3) is 15.9 Å². The van der Waals surface area contributed by atoms with Crippen LogP contribution in [-0.4, -0.2) is 53.6 Å². The average Bonchev–Trinajstić information content (AvgIpc) is 3.07. The molecule has 1 fully saturated rings. The molecule has 1 aliphatic heterocycles. The smallest absolute Gasteiger partial charge is 0.262 e. The monoisotopic (exact) mass is 448 g/mol. The van der Waals surface area contributed by atoms with E-state index in [2.05, 4.69) is 4.72 Å². The zero-order valence-electron chi connectivity index (χ0n) is 18.0. The van der Waals surface area contributed by atoms with E-state index in [4.69, 9.17) is 14.2 Å². The summed E-state index contributed by atoms with van der Waals surface area (Å²) in [5, 5.41) is 0. The van der Waals surface area contributed by atoms with Crippen LogP contribution < -0.4 is 18.9 Å². The molecular weight excluding hydrogens is 420 g/mol. The molecule has 2 aromatic carbocycles. The molecule has 1 saturated heterocycles. The van der Waals surface area contributed by atoms with Crippen LogP contribution in [0.15, 0.2) is 41.3 Å². The molecule has 1 heterocycles. The molecule has 1 aliphatic rings. The van der Waals surface area contributed by atoms with Gasteiger partial charge in [0.15, 0.2) is 0 Å². The SMILES string of the molecule is COc1ccc(OC)c(NS(=O)(=O)c2ccc(OC)c(C(=O)N3CCCCCC3)c2)c1. The zero-order valence-corrected chi connectivity index (χ0v) is 18.8. The Bertz CT molecular complexity index is 1030. The van der Waals surface area contributed by atoms with Crippen LogP contribution in [0.4, 0.5) is 5.69 Å². The van der Waals surface area contributed by atoms with E-state index in [0.29, 0.717) is 30.3 Å². The summed E-state index contributed by atoms with van der Waals surface area (Å²) in [6, 6.07) is 9.08. The highest BCUT2D eigenvalue weighted by Crippen LogP contribution is 2.32. The standard InChI is InChI=1S/C22H28N2O6S/c1-28-16-8-10-21(30-3)19(14-16)23-31(26,27)17-9-11-20(29-2)18(15-17)22(25)24-12-6-4-5-7-13-24/h8-11,14-15,23H,4-7,12-13H2,1-3H3. The molecule has 0 atom stereocenters. The molecule has 1 amide bonds. The third-order valence-electron chi connectivity index (χ3n) is 5.26. The molecule has 0 aromatic heterocycles. The van der Waals surface area contributed by atoms with Crippen LogP contribution in [0.25, 0.3) is 0 Å². The van der Waals surface area contributed by atoms with Gasteiger partial charge in [0.05, 0.1) is 37.5 Å². The van der Waals surface area contributed by atoms with Gasteiger partial charge in [0, 0.05) is 19.2 Å². The first-order chi connectivity index (χ1) is 14.9. The molecule has 0 spiro atoms. The van der Waals surface area contributed by atoms with Crippen molar-refractivity contribution in [1.29, 1.82) is 0 Å². The summed E-state index contributed by atoms with van der Waals surface area (Å²) in [6.45, 7) is 1.30. The number of rotatable bonds is 7. The minimum atomic E-state index is -4.00. The lowest BCUT2D eigenvalue weighted by molar-refractivity contribution is 0.0758. The fraction of sp³-hybridized carbons (Fsp3) is 0.409. The second kappa shape index (κ2) is 9.91. The third-order valence-corrected chi connectivity index (χ3v) is 6.62. The quantitative estimate of drug-likeness (QED) is 0.696. The fourth-order valence-electron chi connectivity index (χ4n) is 3.56. The molecule has 0 bridgehead atoms. The number of anilines is 1. The Labute approximate surface area is 183 Å². The number of hydrogen-bond donors (Lipinski definition) is 1. The number of nitrogens with one attached hydrogen (secondary N) is 1. The van der Waals surface area contributed by atoms with E-state index in [-0.39, 0.29) is 22.1 Å². The van der Waals surface area contributed by atoms with E-state index in [1.807, 2.05) is 0 Å². The van der Waals surface area contributed by atoms with Gasteiger partial charge in [0.2, 0.25) is 0 Å². The van der Waals surface area contributed by atoms with Gasteiger partial charge >= 0.3 is 0 Å². The van der Waals surface area contributed by atoms with Gasteiger partial charge in [-0.2, -0.15) is 0 Å². The Hall–Kier alpha value is -2.94. The number of likely N-dealkylation sites (tertiary alicyclic amines) is 1. The van der Waals surface area contributed by atoms with E-state index >= 15 is 0 Å². The van der Waals surface area contributed by atoms with Crippen molar-refractivity contribution in [1.82, 2.24) is 4.90 Å². The molecule has 8 nitrogen and oxygen atoms in total.